The van der Waals surface area contributed by atoms with Crippen LogP contribution in [0, 0.1) is 6.92 Å². The number of piperazine rings is 1. The molecule has 1 atom stereocenters. The van der Waals surface area contributed by atoms with E-state index >= 15 is 0 Å². The van der Waals surface area contributed by atoms with Gasteiger partial charge < -0.3 is 14.2 Å². The van der Waals surface area contributed by atoms with Crippen LogP contribution in [0.2, 0.25) is 0 Å². The molecular weight excluding hydrogens is 440 g/mol. The summed E-state index contributed by atoms with van der Waals surface area (Å²) in [5, 5.41) is 6.08. The van der Waals surface area contributed by atoms with Crippen molar-refractivity contribution >= 4 is 43.3 Å². The lowest BCUT2D eigenvalue weighted by atomic mass is 10.1. The normalized spacial score (nSPS) is 15.3. The van der Waals surface area contributed by atoms with Crippen LogP contribution in [0.5, 0.6) is 0 Å². The van der Waals surface area contributed by atoms with Gasteiger partial charge >= 0.3 is 0 Å². The van der Waals surface area contributed by atoms with E-state index in [1.54, 1.807) is 33.3 Å². The van der Waals surface area contributed by atoms with E-state index in [1.165, 1.54) is 10.9 Å². The molecule has 3 aromatic heterocycles. The third-order valence-corrected chi connectivity index (χ3v) is 7.46. The van der Waals surface area contributed by atoms with Gasteiger partial charge in [-0.25, -0.2) is 4.68 Å². The van der Waals surface area contributed by atoms with E-state index in [2.05, 4.69) is 5.10 Å². The monoisotopic (exact) mass is 464 g/mol. The van der Waals surface area contributed by atoms with Gasteiger partial charge in [-0.1, -0.05) is 25.1 Å². The van der Waals surface area contributed by atoms with Gasteiger partial charge in [0.2, 0.25) is 5.91 Å². The smallest absolute Gasteiger partial charge is 0.289 e. The van der Waals surface area contributed by atoms with Gasteiger partial charge in [-0.2, -0.15) is 5.10 Å². The summed E-state index contributed by atoms with van der Waals surface area (Å²) in [6.07, 6.45) is 1.92. The van der Waals surface area contributed by atoms with Crippen LogP contribution in [0.15, 0.2) is 51.9 Å². The van der Waals surface area contributed by atoms with E-state index in [9.17, 15) is 14.4 Å². The first-order valence-corrected chi connectivity index (χ1v) is 11.8. The number of fused-ring (bicyclic) bond motifs is 3. The number of benzene rings is 1. The summed E-state index contributed by atoms with van der Waals surface area (Å²) >= 11 is 1.55. The molecule has 1 saturated heterocycles. The van der Waals surface area contributed by atoms with Crippen molar-refractivity contribution in [2.45, 2.75) is 26.3 Å². The Kier molecular flexibility index (Phi) is 5.49. The topological polar surface area (TPSA) is 88.7 Å². The standard InChI is InChI=1S/C24H24N4O4S/c1-3-17(22(29)26-10-12-27(13-11-26)23(30)18-8-6-14-32-18)28-24(31)20-16-7-4-5-9-19(16)33-21(20)15(2)25-28/h4-9,14,17H,3,10-13H2,1-2H3. The van der Waals surface area contributed by atoms with Gasteiger partial charge in [0.25, 0.3) is 11.5 Å². The molecule has 0 aliphatic carbocycles. The molecule has 9 heteroatoms. The minimum atomic E-state index is -0.688. The maximum absolute atomic E-state index is 13.5. The van der Waals surface area contributed by atoms with Crippen molar-refractivity contribution in [1.29, 1.82) is 0 Å². The predicted molar refractivity (Wildman–Crippen MR) is 127 cm³/mol. The zero-order valence-electron chi connectivity index (χ0n) is 18.5. The summed E-state index contributed by atoms with van der Waals surface area (Å²) < 4.78 is 8.46. The van der Waals surface area contributed by atoms with Crippen molar-refractivity contribution in [2.24, 2.45) is 0 Å². The van der Waals surface area contributed by atoms with Crippen molar-refractivity contribution in [3.8, 4) is 0 Å². The third-order valence-electron chi connectivity index (χ3n) is 6.18. The summed E-state index contributed by atoms with van der Waals surface area (Å²) in [4.78, 5) is 42.8. The zero-order valence-corrected chi connectivity index (χ0v) is 19.3. The van der Waals surface area contributed by atoms with Crippen LogP contribution in [-0.4, -0.2) is 57.6 Å². The van der Waals surface area contributed by atoms with Crippen molar-refractivity contribution in [3.05, 3.63) is 64.5 Å². The third kappa shape index (κ3) is 3.62. The van der Waals surface area contributed by atoms with E-state index in [0.717, 1.165) is 20.5 Å². The van der Waals surface area contributed by atoms with Crippen LogP contribution in [0.4, 0.5) is 0 Å². The molecule has 0 bridgehead atoms. The fraction of sp³-hybridized carbons (Fsp3) is 0.333. The molecule has 1 fully saturated rings. The van der Waals surface area contributed by atoms with E-state index < -0.39 is 6.04 Å². The molecule has 1 aliphatic rings. The van der Waals surface area contributed by atoms with Crippen molar-refractivity contribution < 1.29 is 14.0 Å². The summed E-state index contributed by atoms with van der Waals surface area (Å²) in [6.45, 7) is 5.40. The Balaban J connectivity index is 1.42. The molecule has 33 heavy (non-hydrogen) atoms. The summed E-state index contributed by atoms with van der Waals surface area (Å²) in [5.41, 5.74) is 0.505. The summed E-state index contributed by atoms with van der Waals surface area (Å²) in [6, 6.07) is 10.4. The maximum atomic E-state index is 13.5. The molecule has 0 spiro atoms. The Morgan fingerprint density at radius 1 is 1.09 bits per heavy atom. The van der Waals surface area contributed by atoms with Gasteiger partial charge in [0.15, 0.2) is 5.76 Å². The van der Waals surface area contributed by atoms with Gasteiger partial charge in [-0.3, -0.25) is 14.4 Å². The summed E-state index contributed by atoms with van der Waals surface area (Å²) in [7, 11) is 0. The number of carbonyl (C=O) groups excluding carboxylic acids is 2. The van der Waals surface area contributed by atoms with Gasteiger partial charge in [0.05, 0.1) is 22.0 Å². The average Bonchev–Trinajstić information content (AvgIpc) is 3.51. The van der Waals surface area contributed by atoms with Gasteiger partial charge in [0, 0.05) is 36.3 Å². The van der Waals surface area contributed by atoms with E-state index in [4.69, 9.17) is 4.42 Å². The maximum Gasteiger partial charge on any atom is 0.289 e. The first-order valence-electron chi connectivity index (χ1n) is 11.0. The number of aromatic nitrogens is 2. The van der Waals surface area contributed by atoms with Crippen LogP contribution in [0.1, 0.15) is 35.6 Å². The lowest BCUT2D eigenvalue weighted by Crippen LogP contribution is -2.52. The fourth-order valence-electron chi connectivity index (χ4n) is 4.44. The van der Waals surface area contributed by atoms with Crippen molar-refractivity contribution in [1.82, 2.24) is 19.6 Å². The van der Waals surface area contributed by atoms with Crippen molar-refractivity contribution in [2.75, 3.05) is 26.2 Å². The molecule has 2 amide bonds. The second-order valence-electron chi connectivity index (χ2n) is 8.16. The van der Waals surface area contributed by atoms with E-state index in [0.29, 0.717) is 43.7 Å². The van der Waals surface area contributed by atoms with Crippen LogP contribution in [0.3, 0.4) is 0 Å². The predicted octanol–water partition coefficient (Wildman–Crippen LogP) is 3.45. The molecule has 8 nitrogen and oxygen atoms in total. The number of thiophene rings is 1. The molecular formula is C24H24N4O4S. The Hall–Kier alpha value is -3.46. The SMILES string of the molecule is CCC(C(=O)N1CCN(C(=O)c2ccco2)CC1)n1nc(C)c2sc3ccccc3c2c1=O. The molecule has 4 heterocycles. The lowest BCUT2D eigenvalue weighted by molar-refractivity contribution is -0.136. The fourth-order valence-corrected chi connectivity index (χ4v) is 5.57. The number of rotatable bonds is 4. The number of nitrogens with zero attached hydrogens (tertiary/aromatic N) is 4. The van der Waals surface area contributed by atoms with Crippen LogP contribution < -0.4 is 5.56 Å². The zero-order chi connectivity index (χ0) is 23.1. The number of hydrogen-bond acceptors (Lipinski definition) is 6. The highest BCUT2D eigenvalue weighted by molar-refractivity contribution is 7.26. The highest BCUT2D eigenvalue weighted by atomic mass is 32.1. The number of amides is 2. The van der Waals surface area contributed by atoms with Gasteiger partial charge in [-0.15, -0.1) is 11.3 Å². The number of carbonyl (C=O) groups is 2. The minimum Gasteiger partial charge on any atom is -0.459 e. The molecule has 0 radical (unpaired) electrons. The Morgan fingerprint density at radius 3 is 2.52 bits per heavy atom. The molecule has 170 valence electrons. The van der Waals surface area contributed by atoms with Crippen molar-refractivity contribution in [3.63, 3.8) is 0 Å². The quantitative estimate of drug-likeness (QED) is 0.462. The highest BCUT2D eigenvalue weighted by Gasteiger charge is 2.31. The van der Waals surface area contributed by atoms with Crippen LogP contribution in [-0.2, 0) is 4.79 Å². The van der Waals surface area contributed by atoms with E-state index in [-0.39, 0.29) is 17.4 Å². The molecule has 4 aromatic rings. The number of aryl methyl sites for hydroxylation is 1. The number of hydrogen-bond donors (Lipinski definition) is 0. The second-order valence-corrected chi connectivity index (χ2v) is 9.21. The Morgan fingerprint density at radius 2 is 1.82 bits per heavy atom. The molecule has 0 saturated carbocycles. The Bertz CT molecular complexity index is 1400. The van der Waals surface area contributed by atoms with Gasteiger partial charge in [-0.05, 0) is 31.5 Å². The van der Waals surface area contributed by atoms with E-state index in [1.807, 2.05) is 38.1 Å². The lowest BCUT2D eigenvalue weighted by Gasteiger charge is -2.36. The molecule has 1 aromatic carbocycles. The minimum absolute atomic E-state index is 0.143. The first kappa shape index (κ1) is 21.4. The molecule has 0 N–H and O–H groups in total. The number of furan rings is 1. The van der Waals surface area contributed by atoms with Crippen LogP contribution >= 0.6 is 11.3 Å². The first-order chi connectivity index (χ1) is 16.0. The van der Waals surface area contributed by atoms with Gasteiger partial charge in [0.1, 0.15) is 6.04 Å². The second kappa shape index (κ2) is 8.47. The Labute approximate surface area is 194 Å². The largest absolute Gasteiger partial charge is 0.459 e. The summed E-state index contributed by atoms with van der Waals surface area (Å²) in [5.74, 6) is -0.0262. The molecule has 5 rings (SSSR count). The molecule has 1 aliphatic heterocycles. The van der Waals surface area contributed by atoms with Crippen LogP contribution in [0.25, 0.3) is 20.2 Å². The average molecular weight is 465 g/mol. The molecule has 1 unspecified atom stereocenters. The highest BCUT2D eigenvalue weighted by Crippen LogP contribution is 2.33.